The fourth-order valence-electron chi connectivity index (χ4n) is 4.93. The molecule has 0 amide bonds. The normalized spacial score (nSPS) is 17.5. The number of nitriles is 1. The summed E-state index contributed by atoms with van der Waals surface area (Å²) in [6.45, 7) is 4.15. The van der Waals surface area contributed by atoms with E-state index in [0.717, 1.165) is 53.2 Å². The second kappa shape index (κ2) is 13.2. The van der Waals surface area contributed by atoms with Crippen molar-refractivity contribution in [3.63, 3.8) is 0 Å². The molecule has 7 heteroatoms. The molecular weight excluding hydrogens is 520 g/mol. The largest absolute Gasteiger partial charge is 0.492 e. The minimum atomic E-state index is -0.288. The number of ether oxygens (including phenoxy) is 2. The summed E-state index contributed by atoms with van der Waals surface area (Å²) in [5, 5.41) is 21.0. The molecule has 3 aromatic rings. The van der Waals surface area contributed by atoms with Crippen molar-refractivity contribution in [3.05, 3.63) is 99.9 Å². The van der Waals surface area contributed by atoms with Gasteiger partial charge >= 0.3 is 0 Å². The van der Waals surface area contributed by atoms with Crippen LogP contribution in [0.2, 0.25) is 5.02 Å². The van der Waals surface area contributed by atoms with Crippen molar-refractivity contribution in [1.82, 2.24) is 0 Å². The van der Waals surface area contributed by atoms with Gasteiger partial charge in [-0.1, -0.05) is 53.4 Å². The lowest BCUT2D eigenvalue weighted by Crippen LogP contribution is -2.31. The van der Waals surface area contributed by atoms with Crippen LogP contribution in [0.15, 0.2) is 83.8 Å². The van der Waals surface area contributed by atoms with Gasteiger partial charge in [-0.3, -0.25) is 0 Å². The van der Waals surface area contributed by atoms with E-state index < -0.39 is 0 Å². The molecular formula is C33H33ClN4O2. The number of halogens is 1. The molecule has 2 atom stereocenters. The molecule has 40 heavy (non-hydrogen) atoms. The van der Waals surface area contributed by atoms with Crippen molar-refractivity contribution in [2.75, 3.05) is 35.7 Å². The number of nitrogens with zero attached hydrogens (tertiary/aromatic N) is 1. The SMILES string of the molecule is CCOc1cc2c(cc1NCc1ccccc1)C(Nc1ccc(OCC3=C=C=CCCC3)c(Cl)c1)C(C#N)CN2. The molecule has 1 aliphatic carbocycles. The van der Waals surface area contributed by atoms with Crippen LogP contribution >= 0.6 is 11.6 Å². The van der Waals surface area contributed by atoms with Gasteiger partial charge in [0, 0.05) is 41.7 Å². The molecule has 0 saturated carbocycles. The number of allylic oxidation sites excluding steroid dienone is 1. The molecule has 0 saturated heterocycles. The second-order valence-corrected chi connectivity index (χ2v) is 10.3. The molecule has 1 heterocycles. The van der Waals surface area contributed by atoms with Crippen LogP contribution in [0.3, 0.4) is 0 Å². The molecule has 3 N–H and O–H groups in total. The van der Waals surface area contributed by atoms with Crippen molar-refractivity contribution in [3.8, 4) is 17.6 Å². The van der Waals surface area contributed by atoms with Gasteiger partial charge in [-0.25, -0.2) is 0 Å². The van der Waals surface area contributed by atoms with E-state index in [1.165, 1.54) is 5.56 Å². The fraction of sp³-hybridized carbons (Fsp3) is 0.303. The lowest BCUT2D eigenvalue weighted by molar-refractivity contribution is 0.341. The van der Waals surface area contributed by atoms with Gasteiger partial charge in [0.05, 0.1) is 35.3 Å². The van der Waals surface area contributed by atoms with Crippen LogP contribution in [-0.4, -0.2) is 19.8 Å². The molecule has 0 fully saturated rings. The predicted octanol–water partition coefficient (Wildman–Crippen LogP) is 7.87. The minimum absolute atomic E-state index is 0.245. The number of anilines is 3. The molecule has 0 spiro atoms. The highest BCUT2D eigenvalue weighted by Gasteiger charge is 2.31. The molecule has 204 valence electrons. The summed E-state index contributed by atoms with van der Waals surface area (Å²) in [6.07, 6.45) is 5.04. The monoisotopic (exact) mass is 552 g/mol. The Morgan fingerprint density at radius 3 is 2.77 bits per heavy atom. The van der Waals surface area contributed by atoms with Gasteiger partial charge in [0.15, 0.2) is 0 Å². The Morgan fingerprint density at radius 2 is 1.98 bits per heavy atom. The molecule has 3 aromatic carbocycles. The van der Waals surface area contributed by atoms with Gasteiger partial charge in [-0.15, -0.1) is 0 Å². The van der Waals surface area contributed by atoms with E-state index in [4.69, 9.17) is 21.1 Å². The van der Waals surface area contributed by atoms with Crippen LogP contribution < -0.4 is 25.4 Å². The smallest absolute Gasteiger partial charge is 0.144 e. The predicted molar refractivity (Wildman–Crippen MR) is 161 cm³/mol. The van der Waals surface area contributed by atoms with Crippen LogP contribution in [0.25, 0.3) is 0 Å². The van der Waals surface area contributed by atoms with Gasteiger partial charge < -0.3 is 25.4 Å². The Labute approximate surface area is 241 Å². The first-order chi connectivity index (χ1) is 19.6. The van der Waals surface area contributed by atoms with E-state index in [2.05, 4.69) is 51.7 Å². The van der Waals surface area contributed by atoms with E-state index in [-0.39, 0.29) is 12.0 Å². The number of rotatable bonds is 10. The van der Waals surface area contributed by atoms with Gasteiger partial charge in [0.1, 0.15) is 18.1 Å². The number of fused-ring (bicyclic) bond motifs is 1. The maximum absolute atomic E-state index is 10.0. The summed E-state index contributed by atoms with van der Waals surface area (Å²) in [5.74, 6) is 1.10. The molecule has 2 unspecified atom stereocenters. The van der Waals surface area contributed by atoms with Crippen LogP contribution in [0.1, 0.15) is 43.4 Å². The maximum Gasteiger partial charge on any atom is 0.144 e. The number of benzene rings is 3. The Bertz CT molecular complexity index is 1480. The first-order valence-electron chi connectivity index (χ1n) is 13.7. The molecule has 1 aliphatic heterocycles. The summed E-state index contributed by atoms with van der Waals surface area (Å²) in [4.78, 5) is 0. The molecule has 5 rings (SSSR count). The van der Waals surface area contributed by atoms with Crippen molar-refractivity contribution in [1.29, 1.82) is 5.26 Å². The highest BCUT2D eigenvalue weighted by atomic mass is 35.5. The standard InChI is InChI=1S/C33H33ClN4O2/c1-2-39-32-18-29-27(17-30(32)36-20-23-10-8-5-9-11-23)33(25(19-35)21-37-29)38-26-14-15-31(28(34)16-26)40-22-24-12-6-3-4-7-13-24/h3,5,8-11,14-18,25,33,36-38H,2,4,7,13,20-22H2,1H3. The summed E-state index contributed by atoms with van der Waals surface area (Å²) in [6, 6.07) is 22.2. The zero-order valence-corrected chi connectivity index (χ0v) is 23.4. The van der Waals surface area contributed by atoms with Gasteiger partial charge in [-0.05, 0) is 62.1 Å². The Hall–Kier alpha value is -4.26. The van der Waals surface area contributed by atoms with Crippen molar-refractivity contribution < 1.29 is 9.47 Å². The minimum Gasteiger partial charge on any atom is -0.492 e. The van der Waals surface area contributed by atoms with Crippen LogP contribution in [0, 0.1) is 17.2 Å². The third kappa shape index (κ3) is 6.65. The summed E-state index contributed by atoms with van der Waals surface area (Å²) in [7, 11) is 0. The number of hydrogen-bond acceptors (Lipinski definition) is 6. The summed E-state index contributed by atoms with van der Waals surface area (Å²) >= 11 is 6.63. The molecule has 0 radical (unpaired) electrons. The topological polar surface area (TPSA) is 78.3 Å². The summed E-state index contributed by atoms with van der Waals surface area (Å²) < 4.78 is 12.0. The fourth-order valence-corrected chi connectivity index (χ4v) is 5.17. The lowest BCUT2D eigenvalue weighted by atomic mass is 9.88. The Kier molecular flexibility index (Phi) is 9.01. The van der Waals surface area contributed by atoms with Gasteiger partial charge in [0.2, 0.25) is 0 Å². The number of nitrogens with one attached hydrogen (secondary N) is 3. The summed E-state index contributed by atoms with van der Waals surface area (Å²) in [5.41, 5.74) is 12.1. The zero-order chi connectivity index (χ0) is 27.7. The zero-order valence-electron chi connectivity index (χ0n) is 22.6. The van der Waals surface area contributed by atoms with Crippen LogP contribution in [0.5, 0.6) is 11.5 Å². The molecule has 2 aliphatic rings. The van der Waals surface area contributed by atoms with Crippen LogP contribution in [0.4, 0.5) is 17.1 Å². The van der Waals surface area contributed by atoms with Crippen molar-refractivity contribution >= 4 is 28.7 Å². The van der Waals surface area contributed by atoms with Gasteiger partial charge in [-0.2, -0.15) is 5.26 Å². The number of hydrogen-bond donors (Lipinski definition) is 3. The quantitative estimate of drug-likeness (QED) is 0.222. The average Bonchev–Trinajstić information content (AvgIpc) is 3.25. The second-order valence-electron chi connectivity index (χ2n) is 9.85. The van der Waals surface area contributed by atoms with E-state index in [1.54, 1.807) is 0 Å². The highest BCUT2D eigenvalue weighted by Crippen LogP contribution is 2.42. The lowest BCUT2D eigenvalue weighted by Gasteiger charge is -2.33. The van der Waals surface area contributed by atoms with E-state index in [1.807, 2.05) is 55.5 Å². The van der Waals surface area contributed by atoms with Gasteiger partial charge in [0.25, 0.3) is 0 Å². The molecule has 0 bridgehead atoms. The van der Waals surface area contributed by atoms with Crippen LogP contribution in [-0.2, 0) is 6.54 Å². The first kappa shape index (κ1) is 27.3. The Morgan fingerprint density at radius 1 is 1.10 bits per heavy atom. The van der Waals surface area contributed by atoms with E-state index in [9.17, 15) is 5.26 Å². The van der Waals surface area contributed by atoms with Crippen molar-refractivity contribution in [2.45, 2.75) is 38.8 Å². The third-order valence-electron chi connectivity index (χ3n) is 7.03. The third-order valence-corrected chi connectivity index (χ3v) is 7.32. The molecule has 6 nitrogen and oxygen atoms in total. The highest BCUT2D eigenvalue weighted by molar-refractivity contribution is 6.32. The molecule has 0 aromatic heterocycles. The average molecular weight is 553 g/mol. The van der Waals surface area contributed by atoms with E-state index >= 15 is 0 Å². The first-order valence-corrected chi connectivity index (χ1v) is 14.1. The van der Waals surface area contributed by atoms with Crippen molar-refractivity contribution in [2.24, 2.45) is 5.92 Å². The maximum atomic E-state index is 10.0. The van der Waals surface area contributed by atoms with E-state index in [0.29, 0.717) is 37.1 Å². The Balaban J connectivity index is 1.37.